The van der Waals surface area contributed by atoms with E-state index in [1.165, 1.54) is 16.3 Å². The number of aromatic nitrogens is 1. The van der Waals surface area contributed by atoms with Gasteiger partial charge in [-0.25, -0.2) is 0 Å². The lowest BCUT2D eigenvalue weighted by Crippen LogP contribution is -2.13. The van der Waals surface area contributed by atoms with E-state index in [-0.39, 0.29) is 12.4 Å². The summed E-state index contributed by atoms with van der Waals surface area (Å²) in [6.45, 7) is 1.65. The van der Waals surface area contributed by atoms with Gasteiger partial charge in [-0.2, -0.15) is 0 Å². The van der Waals surface area contributed by atoms with Crippen LogP contribution in [0, 0.1) is 0 Å². The maximum absolute atomic E-state index is 4.31. The fraction of sp³-hybridized carbons (Fsp3) is 0.118. The molecule has 2 aromatic carbocycles. The molecule has 0 fully saturated rings. The summed E-state index contributed by atoms with van der Waals surface area (Å²) in [5, 5.41) is 6.06. The molecule has 1 N–H and O–H groups in total. The Balaban J connectivity index is 0.00000147. The van der Waals surface area contributed by atoms with E-state index in [0.717, 1.165) is 18.8 Å². The minimum Gasteiger partial charge on any atom is -0.307 e. The van der Waals surface area contributed by atoms with Crippen LogP contribution in [0.5, 0.6) is 0 Å². The lowest BCUT2D eigenvalue weighted by molar-refractivity contribution is 0.682. The molecule has 1 aromatic heterocycles. The highest BCUT2D eigenvalue weighted by Crippen LogP contribution is 2.18. The van der Waals surface area contributed by atoms with E-state index in [0.29, 0.717) is 0 Å². The van der Waals surface area contributed by atoms with Crippen LogP contribution in [-0.2, 0) is 13.1 Å². The molecule has 0 saturated heterocycles. The molecule has 102 valence electrons. The number of rotatable bonds is 4. The van der Waals surface area contributed by atoms with Crippen molar-refractivity contribution in [2.75, 3.05) is 0 Å². The Bertz CT molecular complexity index is 663. The first-order valence-corrected chi connectivity index (χ1v) is 6.51. The summed E-state index contributed by atoms with van der Waals surface area (Å²) >= 11 is 0. The van der Waals surface area contributed by atoms with Crippen LogP contribution in [0.1, 0.15) is 11.3 Å². The molecule has 0 unspecified atom stereocenters. The van der Waals surface area contributed by atoms with E-state index < -0.39 is 0 Å². The van der Waals surface area contributed by atoms with Gasteiger partial charge in [-0.1, -0.05) is 48.5 Å². The zero-order valence-corrected chi connectivity index (χ0v) is 11.9. The van der Waals surface area contributed by atoms with E-state index in [9.17, 15) is 0 Å². The second-order valence-electron chi connectivity index (χ2n) is 4.56. The van der Waals surface area contributed by atoms with Crippen molar-refractivity contribution < 1.29 is 0 Å². The molecule has 3 heteroatoms. The Hall–Kier alpha value is -1.90. The number of fused-ring (bicyclic) bond motifs is 1. The van der Waals surface area contributed by atoms with Crippen molar-refractivity contribution >= 4 is 23.2 Å². The molecule has 0 atom stereocenters. The van der Waals surface area contributed by atoms with Crippen LogP contribution in [0.4, 0.5) is 0 Å². The average Bonchev–Trinajstić information content (AvgIpc) is 2.49. The lowest BCUT2D eigenvalue weighted by atomic mass is 10.0. The molecular weight excluding hydrogens is 268 g/mol. The Labute approximate surface area is 125 Å². The molecule has 0 aliphatic rings. The molecule has 1 heterocycles. The molecule has 2 nitrogen and oxygen atoms in total. The summed E-state index contributed by atoms with van der Waals surface area (Å²) in [7, 11) is 0. The normalized spacial score (nSPS) is 10.2. The summed E-state index contributed by atoms with van der Waals surface area (Å²) in [5.41, 5.74) is 2.40. The molecule has 20 heavy (non-hydrogen) atoms. The summed E-state index contributed by atoms with van der Waals surface area (Å²) in [6, 6.07) is 20.9. The van der Waals surface area contributed by atoms with Gasteiger partial charge in [0.25, 0.3) is 0 Å². The third kappa shape index (κ3) is 3.35. The molecule has 3 rings (SSSR count). The number of nitrogens with one attached hydrogen (secondary N) is 1. The van der Waals surface area contributed by atoms with Crippen LogP contribution in [0.3, 0.4) is 0 Å². The second kappa shape index (κ2) is 7.04. The van der Waals surface area contributed by atoms with Gasteiger partial charge in [-0.15, -0.1) is 12.4 Å². The number of pyridine rings is 1. The fourth-order valence-electron chi connectivity index (χ4n) is 2.27. The predicted octanol–water partition coefficient (Wildman–Crippen LogP) is 3.95. The number of hydrogen-bond acceptors (Lipinski definition) is 2. The van der Waals surface area contributed by atoms with Crippen LogP contribution in [0.25, 0.3) is 10.8 Å². The Morgan fingerprint density at radius 1 is 0.800 bits per heavy atom. The number of halogens is 1. The number of benzene rings is 2. The largest absolute Gasteiger partial charge is 0.307 e. The highest BCUT2D eigenvalue weighted by Gasteiger charge is 2.00. The van der Waals surface area contributed by atoms with Gasteiger partial charge in [0.2, 0.25) is 0 Å². The summed E-state index contributed by atoms with van der Waals surface area (Å²) in [5.74, 6) is 0. The Kier molecular flexibility index (Phi) is 5.10. The van der Waals surface area contributed by atoms with E-state index in [2.05, 4.69) is 52.8 Å². The van der Waals surface area contributed by atoms with Crippen LogP contribution >= 0.6 is 12.4 Å². The molecule has 0 spiro atoms. The summed E-state index contributed by atoms with van der Waals surface area (Å²) in [4.78, 5) is 4.31. The van der Waals surface area contributed by atoms with Crippen molar-refractivity contribution in [1.29, 1.82) is 0 Å². The molecule has 0 aliphatic carbocycles. The first kappa shape index (κ1) is 14.5. The van der Waals surface area contributed by atoms with Crippen LogP contribution < -0.4 is 5.32 Å². The molecule has 0 saturated carbocycles. The van der Waals surface area contributed by atoms with Gasteiger partial charge in [-0.05, 0) is 28.5 Å². The first-order chi connectivity index (χ1) is 9.43. The molecular formula is C17H17ClN2. The van der Waals surface area contributed by atoms with Crippen molar-refractivity contribution in [1.82, 2.24) is 10.3 Å². The quantitative estimate of drug-likeness (QED) is 0.785. The van der Waals surface area contributed by atoms with Crippen molar-refractivity contribution in [3.63, 3.8) is 0 Å². The van der Waals surface area contributed by atoms with Gasteiger partial charge in [-0.3, -0.25) is 4.98 Å². The molecule has 0 bridgehead atoms. The van der Waals surface area contributed by atoms with E-state index in [4.69, 9.17) is 0 Å². The summed E-state index contributed by atoms with van der Waals surface area (Å²) in [6.07, 6.45) is 1.83. The molecule has 0 aliphatic heterocycles. The van der Waals surface area contributed by atoms with Crippen LogP contribution in [0.15, 0.2) is 66.9 Å². The van der Waals surface area contributed by atoms with Gasteiger partial charge in [0, 0.05) is 19.3 Å². The van der Waals surface area contributed by atoms with E-state index in [1.54, 1.807) is 0 Å². The maximum atomic E-state index is 4.31. The van der Waals surface area contributed by atoms with Gasteiger partial charge >= 0.3 is 0 Å². The van der Waals surface area contributed by atoms with Crippen molar-refractivity contribution in [3.8, 4) is 0 Å². The Morgan fingerprint density at radius 2 is 1.60 bits per heavy atom. The van der Waals surface area contributed by atoms with Gasteiger partial charge < -0.3 is 5.32 Å². The lowest BCUT2D eigenvalue weighted by Gasteiger charge is -2.08. The minimum absolute atomic E-state index is 0. The monoisotopic (exact) mass is 284 g/mol. The second-order valence-corrected chi connectivity index (χ2v) is 4.56. The third-order valence-corrected chi connectivity index (χ3v) is 3.23. The van der Waals surface area contributed by atoms with Gasteiger partial charge in [0.1, 0.15) is 0 Å². The Morgan fingerprint density at radius 3 is 2.45 bits per heavy atom. The first-order valence-electron chi connectivity index (χ1n) is 6.51. The van der Waals surface area contributed by atoms with E-state index in [1.807, 2.05) is 24.4 Å². The van der Waals surface area contributed by atoms with Crippen molar-refractivity contribution in [2.24, 2.45) is 0 Å². The highest BCUT2D eigenvalue weighted by molar-refractivity contribution is 5.85. The third-order valence-electron chi connectivity index (χ3n) is 3.23. The highest BCUT2D eigenvalue weighted by atomic mass is 35.5. The maximum Gasteiger partial charge on any atom is 0.0541 e. The van der Waals surface area contributed by atoms with Crippen LogP contribution in [0.2, 0.25) is 0 Å². The smallest absolute Gasteiger partial charge is 0.0541 e. The SMILES string of the molecule is Cl.c1ccc(CNCc2cccc3ccccc23)nc1. The molecule has 3 aromatic rings. The topological polar surface area (TPSA) is 24.9 Å². The zero-order chi connectivity index (χ0) is 12.9. The molecule has 0 amide bonds. The number of nitrogens with zero attached hydrogens (tertiary/aromatic N) is 1. The fourth-order valence-corrected chi connectivity index (χ4v) is 2.27. The predicted molar refractivity (Wildman–Crippen MR) is 86.0 cm³/mol. The van der Waals surface area contributed by atoms with Crippen molar-refractivity contribution in [2.45, 2.75) is 13.1 Å². The summed E-state index contributed by atoms with van der Waals surface area (Å²) < 4.78 is 0. The standard InChI is InChI=1S/C17H16N2.ClH/c1-2-10-17-14(6-1)7-5-8-15(17)12-18-13-16-9-3-4-11-19-16;/h1-11,18H,12-13H2;1H. The zero-order valence-electron chi connectivity index (χ0n) is 11.1. The van der Waals surface area contributed by atoms with Gasteiger partial charge in [0.05, 0.1) is 5.69 Å². The number of hydrogen-bond donors (Lipinski definition) is 1. The van der Waals surface area contributed by atoms with Crippen molar-refractivity contribution in [3.05, 3.63) is 78.1 Å². The average molecular weight is 285 g/mol. The van der Waals surface area contributed by atoms with E-state index >= 15 is 0 Å². The molecule has 0 radical (unpaired) electrons. The van der Waals surface area contributed by atoms with Crippen LogP contribution in [-0.4, -0.2) is 4.98 Å². The minimum atomic E-state index is 0. The van der Waals surface area contributed by atoms with Gasteiger partial charge in [0.15, 0.2) is 0 Å².